The number of rotatable bonds is 6. The van der Waals surface area contributed by atoms with Gasteiger partial charge in [-0.25, -0.2) is 0 Å². The summed E-state index contributed by atoms with van der Waals surface area (Å²) in [5.74, 6) is -1.18. The summed E-state index contributed by atoms with van der Waals surface area (Å²) in [6.45, 7) is 3.93. The molecule has 0 saturated carbocycles. The van der Waals surface area contributed by atoms with Crippen molar-refractivity contribution in [3.05, 3.63) is 41.5 Å². The predicted molar refractivity (Wildman–Crippen MR) is 79.2 cm³/mol. The van der Waals surface area contributed by atoms with Crippen LogP contribution in [0.15, 0.2) is 30.3 Å². The van der Waals surface area contributed by atoms with Crippen LogP contribution < -0.4 is 0 Å². The van der Waals surface area contributed by atoms with Gasteiger partial charge in [-0.05, 0) is 29.7 Å². The van der Waals surface area contributed by atoms with Gasteiger partial charge in [-0.1, -0.05) is 26.0 Å². The molecule has 1 amide bonds. The lowest BCUT2D eigenvalue weighted by Crippen LogP contribution is -2.37. The molecule has 0 aliphatic rings. The SMILES string of the molecule is CC(C)CN(CC(=O)O)C(=O)C=Cc1ccc(C#N)cc1. The summed E-state index contributed by atoms with van der Waals surface area (Å²) < 4.78 is 0. The van der Waals surface area contributed by atoms with Crippen molar-refractivity contribution in [3.8, 4) is 6.07 Å². The van der Waals surface area contributed by atoms with Crippen LogP contribution in [0.4, 0.5) is 0 Å². The zero-order valence-corrected chi connectivity index (χ0v) is 12.1. The number of carbonyl (C=O) groups is 2. The van der Waals surface area contributed by atoms with Crippen LogP contribution in [0.5, 0.6) is 0 Å². The Bertz CT molecular complexity index is 568. The molecule has 0 atom stereocenters. The molecule has 0 aromatic heterocycles. The average molecular weight is 286 g/mol. The number of hydrogen-bond donors (Lipinski definition) is 1. The van der Waals surface area contributed by atoms with E-state index in [2.05, 4.69) is 0 Å². The van der Waals surface area contributed by atoms with E-state index in [1.54, 1.807) is 30.3 Å². The van der Waals surface area contributed by atoms with Gasteiger partial charge in [0.25, 0.3) is 0 Å². The van der Waals surface area contributed by atoms with E-state index in [1.807, 2.05) is 19.9 Å². The molecule has 0 unspecified atom stereocenters. The van der Waals surface area contributed by atoms with Gasteiger partial charge in [-0.15, -0.1) is 0 Å². The molecule has 1 rings (SSSR count). The number of benzene rings is 1. The summed E-state index contributed by atoms with van der Waals surface area (Å²) in [5.41, 5.74) is 1.33. The van der Waals surface area contributed by atoms with Crippen LogP contribution in [-0.4, -0.2) is 35.0 Å². The summed E-state index contributed by atoms with van der Waals surface area (Å²) >= 11 is 0. The van der Waals surface area contributed by atoms with Crippen molar-refractivity contribution < 1.29 is 14.7 Å². The van der Waals surface area contributed by atoms with Crippen molar-refractivity contribution in [2.45, 2.75) is 13.8 Å². The van der Waals surface area contributed by atoms with Crippen LogP contribution in [-0.2, 0) is 9.59 Å². The molecular formula is C16H18N2O3. The first-order chi connectivity index (χ1) is 9.92. The van der Waals surface area contributed by atoms with Crippen molar-refractivity contribution in [3.63, 3.8) is 0 Å². The Hall–Kier alpha value is -2.61. The fourth-order valence-corrected chi connectivity index (χ4v) is 1.78. The maximum atomic E-state index is 12.0. The third-order valence-electron chi connectivity index (χ3n) is 2.68. The highest BCUT2D eigenvalue weighted by atomic mass is 16.4. The molecule has 5 nitrogen and oxygen atoms in total. The fraction of sp³-hybridized carbons (Fsp3) is 0.312. The second-order valence-corrected chi connectivity index (χ2v) is 5.07. The number of aliphatic carboxylic acids is 1. The van der Waals surface area contributed by atoms with Crippen LogP contribution in [0.1, 0.15) is 25.0 Å². The van der Waals surface area contributed by atoms with Gasteiger partial charge in [0.2, 0.25) is 5.91 Å². The first-order valence-corrected chi connectivity index (χ1v) is 6.61. The number of hydrogen-bond acceptors (Lipinski definition) is 3. The van der Waals surface area contributed by atoms with E-state index in [-0.39, 0.29) is 18.4 Å². The molecular weight excluding hydrogens is 268 g/mol. The molecule has 1 aromatic carbocycles. The summed E-state index contributed by atoms with van der Waals surface area (Å²) in [4.78, 5) is 24.1. The lowest BCUT2D eigenvalue weighted by molar-refractivity contribution is -0.143. The highest BCUT2D eigenvalue weighted by molar-refractivity contribution is 5.93. The summed E-state index contributed by atoms with van der Waals surface area (Å²) in [7, 11) is 0. The van der Waals surface area contributed by atoms with E-state index in [9.17, 15) is 9.59 Å². The zero-order chi connectivity index (χ0) is 15.8. The Kier molecular flexibility index (Phi) is 6.15. The van der Waals surface area contributed by atoms with Crippen LogP contribution >= 0.6 is 0 Å². The van der Waals surface area contributed by atoms with Crippen molar-refractivity contribution in [1.29, 1.82) is 5.26 Å². The van der Waals surface area contributed by atoms with Crippen molar-refractivity contribution >= 4 is 18.0 Å². The van der Waals surface area contributed by atoms with Gasteiger partial charge in [0.05, 0.1) is 11.6 Å². The van der Waals surface area contributed by atoms with E-state index in [0.29, 0.717) is 12.1 Å². The van der Waals surface area contributed by atoms with Gasteiger partial charge in [0, 0.05) is 12.6 Å². The molecule has 0 spiro atoms. The number of carboxylic acid groups (broad SMARTS) is 1. The molecule has 5 heteroatoms. The number of amides is 1. The number of nitrogens with zero attached hydrogens (tertiary/aromatic N) is 2. The summed E-state index contributed by atoms with van der Waals surface area (Å²) in [6, 6.07) is 8.79. The van der Waals surface area contributed by atoms with Crippen LogP contribution in [0, 0.1) is 17.2 Å². The molecule has 0 bridgehead atoms. The van der Waals surface area contributed by atoms with E-state index in [0.717, 1.165) is 5.56 Å². The van der Waals surface area contributed by atoms with Gasteiger partial charge in [-0.2, -0.15) is 5.26 Å². The minimum atomic E-state index is -1.03. The van der Waals surface area contributed by atoms with Crippen LogP contribution in [0.2, 0.25) is 0 Å². The molecule has 1 N–H and O–H groups in total. The third-order valence-corrected chi connectivity index (χ3v) is 2.68. The summed E-state index contributed by atoms with van der Waals surface area (Å²) in [6.07, 6.45) is 2.96. The van der Waals surface area contributed by atoms with Gasteiger partial charge in [0.15, 0.2) is 0 Å². The number of nitriles is 1. The highest BCUT2D eigenvalue weighted by Gasteiger charge is 2.15. The molecule has 0 radical (unpaired) electrons. The lowest BCUT2D eigenvalue weighted by atomic mass is 10.1. The van der Waals surface area contributed by atoms with Gasteiger partial charge in [-0.3, -0.25) is 9.59 Å². The smallest absolute Gasteiger partial charge is 0.323 e. The number of carboxylic acids is 1. The van der Waals surface area contributed by atoms with E-state index >= 15 is 0 Å². The Morgan fingerprint density at radius 3 is 2.43 bits per heavy atom. The Labute approximate surface area is 124 Å². The standard InChI is InChI=1S/C16H18N2O3/c1-12(2)10-18(11-16(20)21)15(19)8-7-13-3-5-14(9-17)6-4-13/h3-8,12H,10-11H2,1-2H3,(H,20,21). The molecule has 1 aromatic rings. The number of carbonyl (C=O) groups excluding carboxylic acids is 1. The Morgan fingerprint density at radius 1 is 1.33 bits per heavy atom. The second kappa shape index (κ2) is 7.85. The first kappa shape index (κ1) is 16.4. The van der Waals surface area contributed by atoms with Gasteiger partial charge >= 0.3 is 5.97 Å². The topological polar surface area (TPSA) is 81.4 Å². The van der Waals surface area contributed by atoms with Crippen LogP contribution in [0.3, 0.4) is 0 Å². The largest absolute Gasteiger partial charge is 0.480 e. The minimum absolute atomic E-state index is 0.191. The van der Waals surface area contributed by atoms with Crippen molar-refractivity contribution in [2.24, 2.45) is 5.92 Å². The average Bonchev–Trinajstić information content (AvgIpc) is 2.43. The quantitative estimate of drug-likeness (QED) is 0.812. The maximum Gasteiger partial charge on any atom is 0.323 e. The van der Waals surface area contributed by atoms with Gasteiger partial charge in [0.1, 0.15) is 6.54 Å². The Morgan fingerprint density at radius 2 is 1.95 bits per heavy atom. The fourth-order valence-electron chi connectivity index (χ4n) is 1.78. The molecule has 0 heterocycles. The Balaban J connectivity index is 2.76. The summed E-state index contributed by atoms with van der Waals surface area (Å²) in [5, 5.41) is 17.5. The molecule has 110 valence electrons. The van der Waals surface area contributed by atoms with E-state index < -0.39 is 5.97 Å². The van der Waals surface area contributed by atoms with E-state index in [4.69, 9.17) is 10.4 Å². The molecule has 0 saturated heterocycles. The second-order valence-electron chi connectivity index (χ2n) is 5.07. The monoisotopic (exact) mass is 286 g/mol. The van der Waals surface area contributed by atoms with Crippen LogP contribution in [0.25, 0.3) is 6.08 Å². The third kappa shape index (κ3) is 5.91. The lowest BCUT2D eigenvalue weighted by Gasteiger charge is -2.21. The minimum Gasteiger partial charge on any atom is -0.480 e. The molecule has 0 fully saturated rings. The molecule has 21 heavy (non-hydrogen) atoms. The van der Waals surface area contributed by atoms with Gasteiger partial charge < -0.3 is 10.0 Å². The molecule has 0 aliphatic carbocycles. The van der Waals surface area contributed by atoms with Crippen molar-refractivity contribution in [1.82, 2.24) is 4.90 Å². The zero-order valence-electron chi connectivity index (χ0n) is 12.1. The maximum absolute atomic E-state index is 12.0. The van der Waals surface area contributed by atoms with Crippen molar-refractivity contribution in [2.75, 3.05) is 13.1 Å². The first-order valence-electron chi connectivity index (χ1n) is 6.61. The molecule has 0 aliphatic heterocycles. The van der Waals surface area contributed by atoms with E-state index in [1.165, 1.54) is 11.0 Å². The normalized spacial score (nSPS) is 10.6. The predicted octanol–water partition coefficient (Wildman–Crippen LogP) is 2.14. The highest BCUT2D eigenvalue weighted by Crippen LogP contribution is 2.07.